The Morgan fingerprint density at radius 3 is 2.50 bits per heavy atom. The third kappa shape index (κ3) is 2.43. The second-order valence-corrected chi connectivity index (χ2v) is 5.79. The van der Waals surface area contributed by atoms with E-state index in [4.69, 9.17) is 17.3 Å². The fourth-order valence-electron chi connectivity index (χ4n) is 2.14. The molecular formula is C13H19ClN2. The van der Waals surface area contributed by atoms with Gasteiger partial charge in [-0.05, 0) is 36.5 Å². The van der Waals surface area contributed by atoms with Crippen LogP contribution in [-0.2, 0) is 0 Å². The van der Waals surface area contributed by atoms with Crippen LogP contribution >= 0.6 is 11.6 Å². The predicted octanol–water partition coefficient (Wildman–Crippen LogP) is 3.55. The van der Waals surface area contributed by atoms with E-state index in [9.17, 15) is 0 Å². The van der Waals surface area contributed by atoms with E-state index in [2.05, 4.69) is 18.7 Å². The van der Waals surface area contributed by atoms with Crippen LogP contribution in [0.25, 0.3) is 0 Å². The van der Waals surface area contributed by atoms with Crippen molar-refractivity contribution in [2.24, 2.45) is 5.41 Å². The van der Waals surface area contributed by atoms with E-state index >= 15 is 0 Å². The lowest BCUT2D eigenvalue weighted by molar-refractivity contribution is 0.280. The summed E-state index contributed by atoms with van der Waals surface area (Å²) in [5.41, 5.74) is 8.36. The molecule has 1 saturated heterocycles. The second-order valence-electron chi connectivity index (χ2n) is 5.35. The standard InChI is InChI=1S/C13H19ClN2/c1-13(2)5-7-16(8-6-13)12-9-10(14)3-4-11(12)15/h3-4,9H,5-8,15H2,1-2H3. The first-order valence-electron chi connectivity index (χ1n) is 5.78. The topological polar surface area (TPSA) is 29.3 Å². The number of rotatable bonds is 1. The molecule has 1 heterocycles. The lowest BCUT2D eigenvalue weighted by atomic mass is 9.82. The summed E-state index contributed by atoms with van der Waals surface area (Å²) in [6.45, 7) is 6.78. The molecule has 2 nitrogen and oxygen atoms in total. The van der Waals surface area contributed by atoms with Crippen LogP contribution in [0.3, 0.4) is 0 Å². The van der Waals surface area contributed by atoms with Gasteiger partial charge in [0, 0.05) is 18.1 Å². The zero-order valence-electron chi connectivity index (χ0n) is 9.96. The van der Waals surface area contributed by atoms with E-state index < -0.39 is 0 Å². The Balaban J connectivity index is 2.17. The molecule has 0 atom stereocenters. The van der Waals surface area contributed by atoms with Gasteiger partial charge >= 0.3 is 0 Å². The molecule has 0 saturated carbocycles. The number of nitrogens with zero attached hydrogens (tertiary/aromatic N) is 1. The summed E-state index contributed by atoms with van der Waals surface area (Å²) in [5, 5.41) is 0.758. The zero-order valence-corrected chi connectivity index (χ0v) is 10.7. The molecule has 16 heavy (non-hydrogen) atoms. The molecule has 1 aliphatic heterocycles. The maximum absolute atomic E-state index is 6.01. The molecule has 0 aliphatic carbocycles. The smallest absolute Gasteiger partial charge is 0.0614 e. The van der Waals surface area contributed by atoms with Gasteiger partial charge < -0.3 is 10.6 Å². The van der Waals surface area contributed by atoms with Crippen LogP contribution in [0.5, 0.6) is 0 Å². The summed E-state index contributed by atoms with van der Waals surface area (Å²) in [5.74, 6) is 0. The molecule has 0 unspecified atom stereocenters. The summed E-state index contributed by atoms with van der Waals surface area (Å²) in [6.07, 6.45) is 2.41. The molecule has 0 aromatic heterocycles. The fraction of sp³-hybridized carbons (Fsp3) is 0.538. The fourth-order valence-corrected chi connectivity index (χ4v) is 2.31. The van der Waals surface area contributed by atoms with E-state index in [1.807, 2.05) is 18.2 Å². The van der Waals surface area contributed by atoms with Gasteiger partial charge in [-0.1, -0.05) is 25.4 Å². The van der Waals surface area contributed by atoms with Gasteiger partial charge in [0.25, 0.3) is 0 Å². The Kier molecular flexibility index (Phi) is 3.02. The average Bonchev–Trinajstić information content (AvgIpc) is 2.22. The maximum atomic E-state index is 6.01. The van der Waals surface area contributed by atoms with E-state index in [0.29, 0.717) is 5.41 Å². The molecule has 1 aromatic rings. The zero-order chi connectivity index (χ0) is 11.8. The van der Waals surface area contributed by atoms with Crippen LogP contribution in [0, 0.1) is 5.41 Å². The van der Waals surface area contributed by atoms with Crippen molar-refractivity contribution in [2.75, 3.05) is 23.7 Å². The number of anilines is 2. The third-order valence-electron chi connectivity index (χ3n) is 3.45. The Hall–Kier alpha value is -0.890. The van der Waals surface area contributed by atoms with Crippen molar-refractivity contribution in [2.45, 2.75) is 26.7 Å². The van der Waals surface area contributed by atoms with Crippen LogP contribution < -0.4 is 10.6 Å². The van der Waals surface area contributed by atoms with Gasteiger partial charge in [-0.3, -0.25) is 0 Å². The highest BCUT2D eigenvalue weighted by Crippen LogP contribution is 2.35. The molecule has 0 spiro atoms. The number of hydrogen-bond donors (Lipinski definition) is 1. The summed E-state index contributed by atoms with van der Waals surface area (Å²) in [7, 11) is 0. The summed E-state index contributed by atoms with van der Waals surface area (Å²) in [6, 6.07) is 5.70. The Bertz CT molecular complexity index is 378. The van der Waals surface area contributed by atoms with E-state index in [0.717, 1.165) is 29.5 Å². The number of halogens is 1. The Morgan fingerprint density at radius 2 is 1.88 bits per heavy atom. The highest BCUT2D eigenvalue weighted by molar-refractivity contribution is 6.31. The van der Waals surface area contributed by atoms with Crippen LogP contribution in [0.2, 0.25) is 5.02 Å². The minimum Gasteiger partial charge on any atom is -0.397 e. The van der Waals surface area contributed by atoms with Crippen molar-refractivity contribution in [1.82, 2.24) is 0 Å². The summed E-state index contributed by atoms with van der Waals surface area (Å²) >= 11 is 6.01. The molecule has 0 bridgehead atoms. The minimum absolute atomic E-state index is 0.462. The highest BCUT2D eigenvalue weighted by Gasteiger charge is 2.26. The number of benzene rings is 1. The van der Waals surface area contributed by atoms with Gasteiger partial charge in [-0.15, -0.1) is 0 Å². The van der Waals surface area contributed by atoms with Gasteiger partial charge in [0.05, 0.1) is 11.4 Å². The lowest BCUT2D eigenvalue weighted by Crippen LogP contribution is -2.37. The van der Waals surface area contributed by atoms with Crippen LogP contribution in [0.4, 0.5) is 11.4 Å². The van der Waals surface area contributed by atoms with Crippen LogP contribution in [0.1, 0.15) is 26.7 Å². The molecule has 88 valence electrons. The van der Waals surface area contributed by atoms with E-state index in [1.165, 1.54) is 12.8 Å². The molecule has 0 amide bonds. The molecule has 1 aliphatic rings. The van der Waals surface area contributed by atoms with E-state index in [-0.39, 0.29) is 0 Å². The first kappa shape index (κ1) is 11.6. The summed E-state index contributed by atoms with van der Waals surface area (Å²) in [4.78, 5) is 2.34. The van der Waals surface area contributed by atoms with Gasteiger partial charge in [-0.2, -0.15) is 0 Å². The molecule has 1 fully saturated rings. The Labute approximate surface area is 102 Å². The van der Waals surface area contributed by atoms with Gasteiger partial charge in [0.2, 0.25) is 0 Å². The van der Waals surface area contributed by atoms with Crippen molar-refractivity contribution >= 4 is 23.0 Å². The highest BCUT2D eigenvalue weighted by atomic mass is 35.5. The molecule has 0 radical (unpaired) electrons. The normalized spacial score (nSPS) is 19.8. The Morgan fingerprint density at radius 1 is 1.25 bits per heavy atom. The van der Waals surface area contributed by atoms with Gasteiger partial charge in [0.1, 0.15) is 0 Å². The number of piperidine rings is 1. The molecule has 1 aromatic carbocycles. The monoisotopic (exact) mass is 238 g/mol. The third-order valence-corrected chi connectivity index (χ3v) is 3.69. The van der Waals surface area contributed by atoms with Gasteiger partial charge in [-0.25, -0.2) is 0 Å². The quantitative estimate of drug-likeness (QED) is 0.759. The van der Waals surface area contributed by atoms with Crippen molar-refractivity contribution in [3.05, 3.63) is 23.2 Å². The second kappa shape index (κ2) is 4.17. The largest absolute Gasteiger partial charge is 0.397 e. The molecule has 3 heteroatoms. The van der Waals surface area contributed by atoms with Crippen molar-refractivity contribution in [3.63, 3.8) is 0 Å². The number of nitrogen functional groups attached to an aromatic ring is 1. The molecule has 2 N–H and O–H groups in total. The van der Waals surface area contributed by atoms with Crippen LogP contribution in [0.15, 0.2) is 18.2 Å². The lowest BCUT2D eigenvalue weighted by Gasteiger charge is -2.38. The predicted molar refractivity (Wildman–Crippen MR) is 71.1 cm³/mol. The molecular weight excluding hydrogens is 220 g/mol. The minimum atomic E-state index is 0.462. The molecule has 2 rings (SSSR count). The average molecular weight is 239 g/mol. The number of nitrogens with two attached hydrogens (primary N) is 1. The van der Waals surface area contributed by atoms with Crippen molar-refractivity contribution in [1.29, 1.82) is 0 Å². The van der Waals surface area contributed by atoms with Crippen molar-refractivity contribution in [3.8, 4) is 0 Å². The number of hydrogen-bond acceptors (Lipinski definition) is 2. The van der Waals surface area contributed by atoms with E-state index in [1.54, 1.807) is 0 Å². The van der Waals surface area contributed by atoms with Crippen molar-refractivity contribution < 1.29 is 0 Å². The van der Waals surface area contributed by atoms with Crippen LogP contribution in [-0.4, -0.2) is 13.1 Å². The first-order chi connectivity index (χ1) is 7.48. The first-order valence-corrected chi connectivity index (χ1v) is 6.16. The summed E-state index contributed by atoms with van der Waals surface area (Å²) < 4.78 is 0. The van der Waals surface area contributed by atoms with Gasteiger partial charge in [0.15, 0.2) is 0 Å². The SMILES string of the molecule is CC1(C)CCN(c2cc(Cl)ccc2N)CC1. The maximum Gasteiger partial charge on any atom is 0.0614 e.